The van der Waals surface area contributed by atoms with Gasteiger partial charge in [-0.05, 0) is 68.4 Å². The van der Waals surface area contributed by atoms with Crippen LogP contribution in [0.1, 0.15) is 19.9 Å². The average molecular weight is 294 g/mol. The highest BCUT2D eigenvalue weighted by molar-refractivity contribution is 5.69. The molecule has 0 spiro atoms. The Hall–Kier alpha value is -2.75. The molecule has 0 radical (unpaired) electrons. The molecule has 4 heteroatoms. The van der Waals surface area contributed by atoms with E-state index in [1.165, 1.54) is 0 Å². The molecule has 0 bridgehead atoms. The Morgan fingerprint density at radius 2 is 1.32 bits per heavy atom. The van der Waals surface area contributed by atoms with Crippen LogP contribution in [0, 0.1) is 0 Å². The molecule has 0 fully saturated rings. The molecule has 3 rings (SSSR count). The summed E-state index contributed by atoms with van der Waals surface area (Å²) in [5, 5.41) is 23.5. The van der Waals surface area contributed by atoms with Crippen molar-refractivity contribution in [2.75, 3.05) is 0 Å². The third kappa shape index (κ3) is 2.68. The molecule has 2 N–H and O–H groups in total. The normalized spacial score (nSPS) is 11.0. The predicted octanol–water partition coefficient (Wildman–Crippen LogP) is 4.21. The van der Waals surface area contributed by atoms with Gasteiger partial charge in [0, 0.05) is 17.2 Å². The fourth-order valence-corrected chi connectivity index (χ4v) is 2.41. The number of benzene rings is 2. The second-order valence-corrected chi connectivity index (χ2v) is 5.55. The van der Waals surface area contributed by atoms with E-state index in [0.717, 1.165) is 22.5 Å². The first kappa shape index (κ1) is 14.2. The van der Waals surface area contributed by atoms with Gasteiger partial charge in [0.15, 0.2) is 0 Å². The van der Waals surface area contributed by atoms with E-state index in [4.69, 9.17) is 0 Å². The molecule has 22 heavy (non-hydrogen) atoms. The summed E-state index contributed by atoms with van der Waals surface area (Å²) < 4.78 is 1.97. The maximum Gasteiger partial charge on any atom is 0.115 e. The van der Waals surface area contributed by atoms with Crippen LogP contribution in [0.2, 0.25) is 0 Å². The Balaban J connectivity index is 2.09. The largest absolute Gasteiger partial charge is 0.508 e. The predicted molar refractivity (Wildman–Crippen MR) is 86.8 cm³/mol. The Labute approximate surface area is 129 Å². The molecule has 0 aliphatic rings. The van der Waals surface area contributed by atoms with E-state index in [9.17, 15) is 10.2 Å². The van der Waals surface area contributed by atoms with E-state index in [-0.39, 0.29) is 17.5 Å². The van der Waals surface area contributed by atoms with Crippen molar-refractivity contribution in [2.24, 2.45) is 0 Å². The molecule has 1 aromatic heterocycles. The van der Waals surface area contributed by atoms with Crippen molar-refractivity contribution in [3.8, 4) is 34.0 Å². The van der Waals surface area contributed by atoms with Crippen LogP contribution in [0.5, 0.6) is 11.5 Å². The van der Waals surface area contributed by atoms with Gasteiger partial charge in [-0.1, -0.05) is 0 Å². The van der Waals surface area contributed by atoms with Gasteiger partial charge in [0.1, 0.15) is 11.5 Å². The number of rotatable bonds is 3. The molecule has 0 saturated carbocycles. The molecular formula is C18H18N2O2. The highest BCUT2D eigenvalue weighted by Crippen LogP contribution is 2.30. The Morgan fingerprint density at radius 3 is 1.82 bits per heavy atom. The van der Waals surface area contributed by atoms with E-state index >= 15 is 0 Å². The van der Waals surface area contributed by atoms with Gasteiger partial charge in [0.05, 0.1) is 11.4 Å². The first-order chi connectivity index (χ1) is 10.5. The third-order valence-electron chi connectivity index (χ3n) is 3.55. The van der Waals surface area contributed by atoms with Gasteiger partial charge < -0.3 is 10.2 Å². The second kappa shape index (κ2) is 5.56. The minimum absolute atomic E-state index is 0.217. The number of hydrogen-bond donors (Lipinski definition) is 2. The first-order valence-corrected chi connectivity index (χ1v) is 7.23. The van der Waals surface area contributed by atoms with Crippen LogP contribution in [0.15, 0.2) is 54.6 Å². The molecule has 2 aromatic carbocycles. The van der Waals surface area contributed by atoms with Crippen molar-refractivity contribution in [3.05, 3.63) is 54.6 Å². The average Bonchev–Trinajstić information content (AvgIpc) is 2.94. The van der Waals surface area contributed by atoms with Crippen molar-refractivity contribution in [1.29, 1.82) is 0 Å². The molecule has 0 saturated heterocycles. The van der Waals surface area contributed by atoms with E-state index in [2.05, 4.69) is 18.9 Å². The molecule has 112 valence electrons. The van der Waals surface area contributed by atoms with Gasteiger partial charge in [0.2, 0.25) is 0 Å². The summed E-state index contributed by atoms with van der Waals surface area (Å²) in [4.78, 5) is 0. The minimum atomic E-state index is 0.217. The zero-order valence-electron chi connectivity index (χ0n) is 12.6. The SMILES string of the molecule is CC(C)n1nc(-c2ccc(O)cc2)cc1-c1ccc(O)cc1. The molecule has 4 nitrogen and oxygen atoms in total. The quantitative estimate of drug-likeness (QED) is 0.760. The zero-order valence-corrected chi connectivity index (χ0v) is 12.6. The van der Waals surface area contributed by atoms with Crippen LogP contribution >= 0.6 is 0 Å². The van der Waals surface area contributed by atoms with Crippen LogP contribution in [0.4, 0.5) is 0 Å². The van der Waals surface area contributed by atoms with Crippen LogP contribution in [-0.4, -0.2) is 20.0 Å². The van der Waals surface area contributed by atoms with E-state index in [1.807, 2.05) is 35.0 Å². The number of nitrogens with zero attached hydrogens (tertiary/aromatic N) is 2. The molecular weight excluding hydrogens is 276 g/mol. The van der Waals surface area contributed by atoms with Gasteiger partial charge in [0.25, 0.3) is 0 Å². The van der Waals surface area contributed by atoms with Gasteiger partial charge in [-0.25, -0.2) is 0 Å². The topological polar surface area (TPSA) is 58.3 Å². The lowest BCUT2D eigenvalue weighted by Gasteiger charge is -2.10. The second-order valence-electron chi connectivity index (χ2n) is 5.55. The molecule has 0 unspecified atom stereocenters. The van der Waals surface area contributed by atoms with Gasteiger partial charge >= 0.3 is 0 Å². The van der Waals surface area contributed by atoms with Crippen molar-refractivity contribution in [1.82, 2.24) is 9.78 Å². The van der Waals surface area contributed by atoms with Crippen molar-refractivity contribution in [3.63, 3.8) is 0 Å². The lowest BCUT2D eigenvalue weighted by molar-refractivity contribution is 0.475. The highest BCUT2D eigenvalue weighted by atomic mass is 16.3. The van der Waals surface area contributed by atoms with Crippen LogP contribution in [0.3, 0.4) is 0 Å². The molecule has 0 amide bonds. The monoisotopic (exact) mass is 294 g/mol. The number of hydrogen-bond acceptors (Lipinski definition) is 3. The summed E-state index contributed by atoms with van der Waals surface area (Å²) in [6.45, 7) is 4.16. The number of phenols is 2. The van der Waals surface area contributed by atoms with Gasteiger partial charge in [-0.15, -0.1) is 0 Å². The van der Waals surface area contributed by atoms with Gasteiger partial charge in [-0.3, -0.25) is 4.68 Å². The first-order valence-electron chi connectivity index (χ1n) is 7.23. The molecule has 0 atom stereocenters. The molecule has 1 heterocycles. The number of aromatic hydroxyl groups is 2. The summed E-state index contributed by atoms with van der Waals surface area (Å²) in [6.07, 6.45) is 0. The lowest BCUT2D eigenvalue weighted by Crippen LogP contribution is -2.04. The summed E-state index contributed by atoms with van der Waals surface area (Å²) in [5.41, 5.74) is 3.82. The summed E-state index contributed by atoms with van der Waals surface area (Å²) in [5.74, 6) is 0.490. The fraction of sp³-hybridized carbons (Fsp3) is 0.167. The maximum absolute atomic E-state index is 9.45. The van der Waals surface area contributed by atoms with E-state index < -0.39 is 0 Å². The lowest BCUT2D eigenvalue weighted by atomic mass is 10.1. The van der Waals surface area contributed by atoms with E-state index in [0.29, 0.717) is 0 Å². The van der Waals surface area contributed by atoms with Crippen molar-refractivity contribution in [2.45, 2.75) is 19.9 Å². The highest BCUT2D eigenvalue weighted by Gasteiger charge is 2.13. The smallest absolute Gasteiger partial charge is 0.115 e. The van der Waals surface area contributed by atoms with E-state index in [1.54, 1.807) is 24.3 Å². The molecule has 3 aromatic rings. The number of aromatic nitrogens is 2. The number of phenolic OH excluding ortho intramolecular Hbond substituents is 2. The minimum Gasteiger partial charge on any atom is -0.508 e. The Morgan fingerprint density at radius 1 is 0.818 bits per heavy atom. The maximum atomic E-state index is 9.45. The standard InChI is InChI=1S/C18H18N2O2/c1-12(2)20-18(14-5-9-16(22)10-6-14)11-17(19-20)13-3-7-15(21)8-4-13/h3-12,21-22H,1-2H3. The van der Waals surface area contributed by atoms with Gasteiger partial charge in [-0.2, -0.15) is 5.10 Å². The third-order valence-corrected chi connectivity index (χ3v) is 3.55. The summed E-state index contributed by atoms with van der Waals surface area (Å²) in [6, 6.07) is 16.4. The molecule has 0 aliphatic carbocycles. The molecule has 0 aliphatic heterocycles. The summed E-state index contributed by atoms with van der Waals surface area (Å²) in [7, 11) is 0. The fourth-order valence-electron chi connectivity index (χ4n) is 2.41. The van der Waals surface area contributed by atoms with Crippen LogP contribution in [-0.2, 0) is 0 Å². The zero-order chi connectivity index (χ0) is 15.7. The van der Waals surface area contributed by atoms with Crippen LogP contribution in [0.25, 0.3) is 22.5 Å². The Bertz CT molecular complexity index is 772. The van der Waals surface area contributed by atoms with Crippen LogP contribution < -0.4 is 0 Å². The van der Waals surface area contributed by atoms with Crippen molar-refractivity contribution >= 4 is 0 Å². The Kier molecular flexibility index (Phi) is 3.59. The van der Waals surface area contributed by atoms with Crippen molar-refractivity contribution < 1.29 is 10.2 Å². The summed E-state index contributed by atoms with van der Waals surface area (Å²) >= 11 is 0.